The van der Waals surface area contributed by atoms with Crippen molar-refractivity contribution in [1.82, 2.24) is 0 Å². The van der Waals surface area contributed by atoms with Crippen molar-refractivity contribution in [3.05, 3.63) is 28.8 Å². The second-order valence-corrected chi connectivity index (χ2v) is 8.89. The number of aromatic hydroxyl groups is 1. The first-order chi connectivity index (χ1) is 14.5. The molecule has 0 fully saturated rings. The Morgan fingerprint density at radius 3 is 1.67 bits per heavy atom. The number of hydrogen-bond donors (Lipinski definition) is 1. The van der Waals surface area contributed by atoms with Crippen LogP contribution in [0.3, 0.4) is 0 Å². The molecular weight excluding hydrogens is 372 g/mol. The molecule has 30 heavy (non-hydrogen) atoms. The topological polar surface area (TPSA) is 46.5 Å². The van der Waals surface area contributed by atoms with Crippen molar-refractivity contribution in [3.63, 3.8) is 0 Å². The highest BCUT2D eigenvalue weighted by Gasteiger charge is 2.07. The Balaban J connectivity index is 1.89. The summed E-state index contributed by atoms with van der Waals surface area (Å²) >= 11 is 0. The van der Waals surface area contributed by atoms with E-state index in [1.165, 1.54) is 77.0 Å². The summed E-state index contributed by atoms with van der Waals surface area (Å²) in [5, 5.41) is 9.82. The molecule has 0 atom stereocenters. The molecule has 1 aromatic rings. The largest absolute Gasteiger partial charge is 0.507 e. The smallest absolute Gasteiger partial charge is 0.306 e. The third kappa shape index (κ3) is 12.9. The van der Waals surface area contributed by atoms with Gasteiger partial charge in [-0.05, 0) is 43.4 Å². The van der Waals surface area contributed by atoms with Crippen molar-refractivity contribution in [3.8, 4) is 5.75 Å². The van der Waals surface area contributed by atoms with E-state index in [1.54, 1.807) is 0 Å². The van der Waals surface area contributed by atoms with E-state index in [0.717, 1.165) is 29.5 Å². The molecule has 3 nitrogen and oxygen atoms in total. The van der Waals surface area contributed by atoms with Gasteiger partial charge < -0.3 is 9.84 Å². The molecule has 0 aliphatic carbocycles. The fraction of sp³-hybridized carbons (Fsp3) is 0.741. The lowest BCUT2D eigenvalue weighted by Crippen LogP contribution is -2.07. The van der Waals surface area contributed by atoms with Crippen molar-refractivity contribution in [2.24, 2.45) is 0 Å². The van der Waals surface area contributed by atoms with Crippen LogP contribution in [0.1, 0.15) is 120 Å². The summed E-state index contributed by atoms with van der Waals surface area (Å²) in [5.74, 6) is 0.229. The maximum Gasteiger partial charge on any atom is 0.306 e. The van der Waals surface area contributed by atoms with Crippen LogP contribution in [0, 0.1) is 13.8 Å². The van der Waals surface area contributed by atoms with E-state index in [-0.39, 0.29) is 5.97 Å². The quantitative estimate of drug-likeness (QED) is 0.194. The lowest BCUT2D eigenvalue weighted by Gasteiger charge is -2.08. The van der Waals surface area contributed by atoms with Crippen LogP contribution in [0.4, 0.5) is 0 Å². The number of benzene rings is 1. The van der Waals surface area contributed by atoms with Crippen LogP contribution < -0.4 is 0 Å². The molecule has 0 heterocycles. The SMILES string of the molecule is CCCCCCCCCCCCCCCCOC(=O)CCc1cc(C)c(O)c(C)c1. The third-order valence-corrected chi connectivity index (χ3v) is 5.93. The molecule has 0 amide bonds. The molecular formula is C27H46O3. The predicted octanol–water partition coefficient (Wildman–Crippen LogP) is 7.97. The van der Waals surface area contributed by atoms with E-state index >= 15 is 0 Å². The fourth-order valence-electron chi connectivity index (χ4n) is 3.99. The molecule has 0 spiro atoms. The highest BCUT2D eigenvalue weighted by atomic mass is 16.5. The van der Waals surface area contributed by atoms with E-state index in [2.05, 4.69) is 6.92 Å². The zero-order valence-corrected chi connectivity index (χ0v) is 19.9. The standard InChI is InChI=1S/C27H46O3/c1-4-5-6-7-8-9-10-11-12-13-14-15-16-17-20-30-26(28)19-18-25-21-23(2)27(29)24(3)22-25/h21-22,29H,4-20H2,1-3H3. The van der Waals surface area contributed by atoms with Gasteiger partial charge in [0.2, 0.25) is 0 Å². The summed E-state index contributed by atoms with van der Waals surface area (Å²) < 4.78 is 5.37. The zero-order valence-electron chi connectivity index (χ0n) is 19.9. The second kappa shape index (κ2) is 17.2. The molecule has 1 rings (SSSR count). The Bertz CT molecular complexity index is 556. The molecule has 172 valence electrons. The van der Waals surface area contributed by atoms with Gasteiger partial charge in [0.05, 0.1) is 6.61 Å². The number of esters is 1. The number of ether oxygens (including phenoxy) is 1. The fourth-order valence-corrected chi connectivity index (χ4v) is 3.99. The number of carbonyl (C=O) groups excluding carboxylic acids is 1. The molecule has 0 aliphatic heterocycles. The number of rotatable bonds is 18. The minimum atomic E-state index is -0.118. The minimum Gasteiger partial charge on any atom is -0.507 e. The molecule has 0 radical (unpaired) electrons. The van der Waals surface area contributed by atoms with Gasteiger partial charge in [-0.1, -0.05) is 103 Å². The Morgan fingerprint density at radius 2 is 1.20 bits per heavy atom. The normalized spacial score (nSPS) is 11.0. The monoisotopic (exact) mass is 418 g/mol. The van der Waals surface area contributed by atoms with Gasteiger partial charge in [0.25, 0.3) is 0 Å². The molecule has 1 N–H and O–H groups in total. The Labute approximate surface area is 185 Å². The van der Waals surface area contributed by atoms with Crippen LogP contribution in [0.25, 0.3) is 0 Å². The van der Waals surface area contributed by atoms with E-state index < -0.39 is 0 Å². The van der Waals surface area contributed by atoms with Gasteiger partial charge in [-0.2, -0.15) is 0 Å². The summed E-state index contributed by atoms with van der Waals surface area (Å²) in [4.78, 5) is 11.9. The van der Waals surface area contributed by atoms with Crippen molar-refractivity contribution < 1.29 is 14.6 Å². The van der Waals surface area contributed by atoms with Gasteiger partial charge in [0.1, 0.15) is 5.75 Å². The molecule has 0 aromatic heterocycles. The van der Waals surface area contributed by atoms with E-state index in [9.17, 15) is 9.90 Å². The van der Waals surface area contributed by atoms with Crippen LogP contribution >= 0.6 is 0 Å². The molecule has 3 heteroatoms. The van der Waals surface area contributed by atoms with Gasteiger partial charge >= 0.3 is 5.97 Å². The van der Waals surface area contributed by atoms with Gasteiger partial charge in [0, 0.05) is 6.42 Å². The zero-order chi connectivity index (χ0) is 22.0. The van der Waals surface area contributed by atoms with Crippen LogP contribution in [0.15, 0.2) is 12.1 Å². The molecule has 1 aromatic carbocycles. The Kier molecular flexibility index (Phi) is 15.2. The van der Waals surface area contributed by atoms with Gasteiger partial charge in [-0.25, -0.2) is 0 Å². The number of aryl methyl sites for hydroxylation is 3. The van der Waals surface area contributed by atoms with Crippen molar-refractivity contribution in [2.75, 3.05) is 6.61 Å². The summed E-state index contributed by atoms with van der Waals surface area (Å²) in [6.07, 6.45) is 19.7. The Hall–Kier alpha value is -1.51. The minimum absolute atomic E-state index is 0.118. The van der Waals surface area contributed by atoms with Crippen LogP contribution in [-0.4, -0.2) is 17.7 Å². The predicted molar refractivity (Wildman–Crippen MR) is 127 cm³/mol. The van der Waals surface area contributed by atoms with Crippen molar-refractivity contribution in [1.29, 1.82) is 0 Å². The molecule has 0 unspecified atom stereocenters. The first kappa shape index (κ1) is 26.5. The maximum atomic E-state index is 11.9. The lowest BCUT2D eigenvalue weighted by atomic mass is 10.0. The molecule has 0 saturated carbocycles. The molecule has 0 aliphatic rings. The van der Waals surface area contributed by atoms with Gasteiger partial charge in [-0.15, -0.1) is 0 Å². The lowest BCUT2D eigenvalue weighted by molar-refractivity contribution is -0.143. The number of hydrogen-bond acceptors (Lipinski definition) is 3. The van der Waals surface area contributed by atoms with Gasteiger partial charge in [-0.3, -0.25) is 4.79 Å². The van der Waals surface area contributed by atoms with Gasteiger partial charge in [0.15, 0.2) is 0 Å². The molecule has 0 saturated heterocycles. The average molecular weight is 419 g/mol. The number of unbranched alkanes of at least 4 members (excludes halogenated alkanes) is 13. The average Bonchev–Trinajstić information content (AvgIpc) is 2.73. The van der Waals surface area contributed by atoms with E-state index in [4.69, 9.17) is 4.74 Å². The van der Waals surface area contributed by atoms with E-state index in [1.807, 2.05) is 26.0 Å². The summed E-state index contributed by atoms with van der Waals surface area (Å²) in [5.41, 5.74) is 2.80. The number of carbonyl (C=O) groups is 1. The number of phenolic OH excluding ortho intramolecular Hbond substituents is 1. The first-order valence-corrected chi connectivity index (χ1v) is 12.5. The van der Waals surface area contributed by atoms with Crippen LogP contribution in [0.2, 0.25) is 0 Å². The first-order valence-electron chi connectivity index (χ1n) is 12.5. The second-order valence-electron chi connectivity index (χ2n) is 8.89. The van der Waals surface area contributed by atoms with Crippen molar-refractivity contribution in [2.45, 2.75) is 124 Å². The molecule has 0 bridgehead atoms. The highest BCUT2D eigenvalue weighted by molar-refractivity contribution is 5.69. The third-order valence-electron chi connectivity index (χ3n) is 5.93. The number of phenols is 1. The van der Waals surface area contributed by atoms with Crippen molar-refractivity contribution >= 4 is 5.97 Å². The summed E-state index contributed by atoms with van der Waals surface area (Å²) in [6, 6.07) is 3.90. The summed E-state index contributed by atoms with van der Waals surface area (Å²) in [7, 11) is 0. The highest BCUT2D eigenvalue weighted by Crippen LogP contribution is 2.23. The maximum absolute atomic E-state index is 11.9. The van der Waals surface area contributed by atoms with Crippen LogP contribution in [-0.2, 0) is 16.0 Å². The van der Waals surface area contributed by atoms with Crippen LogP contribution in [0.5, 0.6) is 5.75 Å². The summed E-state index contributed by atoms with van der Waals surface area (Å²) in [6.45, 7) is 6.60. The van der Waals surface area contributed by atoms with E-state index in [0.29, 0.717) is 25.2 Å². The Morgan fingerprint density at radius 1 is 0.767 bits per heavy atom.